The highest BCUT2D eigenvalue weighted by Gasteiger charge is 2.00. The first kappa shape index (κ1) is 11.0. The molecule has 0 radical (unpaired) electrons. The van der Waals surface area contributed by atoms with Crippen LogP contribution in [0, 0.1) is 22.7 Å². The van der Waals surface area contributed by atoms with E-state index in [0.717, 1.165) is 0 Å². The second-order valence-corrected chi connectivity index (χ2v) is 2.05. The van der Waals surface area contributed by atoms with Gasteiger partial charge < -0.3 is 10.5 Å². The molecule has 0 atom stereocenters. The molecule has 0 bridgehead atoms. The number of allylic oxidation sites excluding steroid dienone is 2. The molecule has 0 saturated heterocycles. The summed E-state index contributed by atoms with van der Waals surface area (Å²) in [4.78, 5) is 3.72. The van der Waals surface area contributed by atoms with Crippen LogP contribution >= 0.6 is 0 Å². The standard InChI is InChI=1S/C8H10N4O/c1-3-13-6(2)12-8(5-10)7(11)4-9/h3,11H2,1-2H3. The summed E-state index contributed by atoms with van der Waals surface area (Å²) in [6.45, 7) is 3.84. The van der Waals surface area contributed by atoms with Crippen LogP contribution in [0.3, 0.4) is 0 Å². The molecule has 2 N–H and O–H groups in total. The van der Waals surface area contributed by atoms with E-state index >= 15 is 0 Å². The van der Waals surface area contributed by atoms with Crippen molar-refractivity contribution in [1.29, 1.82) is 10.5 Å². The van der Waals surface area contributed by atoms with Gasteiger partial charge in [-0.25, -0.2) is 4.99 Å². The Morgan fingerprint density at radius 2 is 2.08 bits per heavy atom. The maximum absolute atomic E-state index is 8.54. The van der Waals surface area contributed by atoms with E-state index in [1.54, 1.807) is 26.0 Å². The number of ether oxygens (including phenoxy) is 1. The lowest BCUT2D eigenvalue weighted by molar-refractivity contribution is 0.324. The van der Waals surface area contributed by atoms with E-state index in [4.69, 9.17) is 21.0 Å². The maximum atomic E-state index is 8.54. The smallest absolute Gasteiger partial charge is 0.185 e. The number of hydrogen-bond acceptors (Lipinski definition) is 5. The van der Waals surface area contributed by atoms with Crippen molar-refractivity contribution in [3.8, 4) is 12.1 Å². The predicted octanol–water partition coefficient (Wildman–Crippen LogP) is 0.659. The van der Waals surface area contributed by atoms with Crippen molar-refractivity contribution in [3.63, 3.8) is 0 Å². The molecular weight excluding hydrogens is 168 g/mol. The van der Waals surface area contributed by atoms with Gasteiger partial charge in [-0.15, -0.1) is 0 Å². The molecule has 0 amide bonds. The highest BCUT2D eigenvalue weighted by atomic mass is 16.5. The third-order valence-corrected chi connectivity index (χ3v) is 1.10. The van der Waals surface area contributed by atoms with Gasteiger partial charge in [0.05, 0.1) is 6.61 Å². The number of rotatable bonds is 2. The molecule has 0 saturated carbocycles. The van der Waals surface area contributed by atoms with Crippen LogP contribution in [0.1, 0.15) is 13.8 Å². The summed E-state index contributed by atoms with van der Waals surface area (Å²) < 4.78 is 4.97. The molecule has 5 nitrogen and oxygen atoms in total. The quantitative estimate of drug-likeness (QED) is 0.381. The van der Waals surface area contributed by atoms with E-state index < -0.39 is 0 Å². The Hall–Kier alpha value is -2.01. The summed E-state index contributed by atoms with van der Waals surface area (Å²) >= 11 is 0. The van der Waals surface area contributed by atoms with Crippen molar-refractivity contribution in [2.75, 3.05) is 6.61 Å². The normalized spacial score (nSPS) is 12.5. The van der Waals surface area contributed by atoms with Gasteiger partial charge in [0.1, 0.15) is 17.8 Å². The molecule has 13 heavy (non-hydrogen) atoms. The van der Waals surface area contributed by atoms with Crippen LogP contribution in [0.15, 0.2) is 16.4 Å². The summed E-state index contributed by atoms with van der Waals surface area (Å²) in [7, 11) is 0. The molecule has 0 aromatic carbocycles. The Labute approximate surface area is 76.7 Å². The Morgan fingerprint density at radius 3 is 2.46 bits per heavy atom. The fourth-order valence-corrected chi connectivity index (χ4v) is 0.597. The Kier molecular flexibility index (Phi) is 4.75. The molecule has 0 unspecified atom stereocenters. The van der Waals surface area contributed by atoms with Crippen molar-refractivity contribution >= 4 is 5.90 Å². The number of nitriles is 2. The summed E-state index contributed by atoms with van der Waals surface area (Å²) in [6, 6.07) is 3.34. The van der Waals surface area contributed by atoms with E-state index in [1.807, 2.05) is 0 Å². The van der Waals surface area contributed by atoms with E-state index in [1.165, 1.54) is 0 Å². The maximum Gasteiger partial charge on any atom is 0.185 e. The van der Waals surface area contributed by atoms with Gasteiger partial charge in [0.15, 0.2) is 11.6 Å². The lowest BCUT2D eigenvalue weighted by atomic mass is 10.4. The summed E-state index contributed by atoms with van der Waals surface area (Å²) in [5.41, 5.74) is 4.88. The Balaban J connectivity index is 4.78. The van der Waals surface area contributed by atoms with Crippen molar-refractivity contribution < 1.29 is 4.74 Å². The lowest BCUT2D eigenvalue weighted by Crippen LogP contribution is -2.02. The monoisotopic (exact) mass is 178 g/mol. The van der Waals surface area contributed by atoms with Gasteiger partial charge in [-0.3, -0.25) is 0 Å². The average molecular weight is 178 g/mol. The van der Waals surface area contributed by atoms with Crippen LogP contribution in [0.25, 0.3) is 0 Å². The zero-order valence-electron chi connectivity index (χ0n) is 7.53. The van der Waals surface area contributed by atoms with Crippen LogP contribution in [-0.4, -0.2) is 12.5 Å². The Bertz CT molecular complexity index is 316. The number of nitrogens with two attached hydrogens (primary N) is 1. The summed E-state index contributed by atoms with van der Waals surface area (Å²) in [5.74, 6) is 0.317. The van der Waals surface area contributed by atoms with Gasteiger partial charge in [0.25, 0.3) is 0 Å². The summed E-state index contributed by atoms with van der Waals surface area (Å²) in [5, 5.41) is 16.9. The molecule has 0 aromatic rings. The molecule has 5 heteroatoms. The van der Waals surface area contributed by atoms with E-state index in [-0.39, 0.29) is 11.4 Å². The number of hydrogen-bond donors (Lipinski definition) is 1. The molecule has 0 aliphatic carbocycles. The lowest BCUT2D eigenvalue weighted by Gasteiger charge is -1.99. The third-order valence-electron chi connectivity index (χ3n) is 1.10. The van der Waals surface area contributed by atoms with Crippen molar-refractivity contribution in [3.05, 3.63) is 11.4 Å². The molecule has 0 aromatic heterocycles. The van der Waals surface area contributed by atoms with E-state index in [2.05, 4.69) is 4.99 Å². The first-order valence-corrected chi connectivity index (χ1v) is 3.63. The number of nitrogens with zero attached hydrogens (tertiary/aromatic N) is 3. The summed E-state index contributed by atoms with van der Waals surface area (Å²) in [6.07, 6.45) is 0. The van der Waals surface area contributed by atoms with Crippen molar-refractivity contribution in [2.24, 2.45) is 10.7 Å². The van der Waals surface area contributed by atoms with Gasteiger partial charge in [-0.1, -0.05) is 0 Å². The molecule has 0 heterocycles. The first-order chi connectivity index (χ1) is 6.15. The van der Waals surface area contributed by atoms with Gasteiger partial charge in [0, 0.05) is 6.92 Å². The largest absolute Gasteiger partial charge is 0.481 e. The molecule has 0 spiro atoms. The topological polar surface area (TPSA) is 95.2 Å². The highest BCUT2D eigenvalue weighted by molar-refractivity contribution is 5.75. The van der Waals surface area contributed by atoms with Crippen molar-refractivity contribution in [1.82, 2.24) is 0 Å². The molecule has 0 rings (SSSR count). The van der Waals surface area contributed by atoms with E-state index in [0.29, 0.717) is 12.5 Å². The molecule has 68 valence electrons. The number of aliphatic imine (C=N–C) groups is 1. The van der Waals surface area contributed by atoms with Crippen LogP contribution in [-0.2, 0) is 4.74 Å². The SMILES string of the molecule is CCOC(C)=NC(C#N)=C(N)C#N. The van der Waals surface area contributed by atoms with E-state index in [9.17, 15) is 0 Å². The second kappa shape index (κ2) is 5.62. The minimum Gasteiger partial charge on any atom is -0.481 e. The van der Waals surface area contributed by atoms with Gasteiger partial charge in [-0.2, -0.15) is 10.5 Å². The van der Waals surface area contributed by atoms with Crippen LogP contribution in [0.4, 0.5) is 0 Å². The minimum absolute atomic E-state index is 0.117. The van der Waals surface area contributed by atoms with Gasteiger partial charge in [0.2, 0.25) is 0 Å². The zero-order chi connectivity index (χ0) is 10.3. The minimum atomic E-state index is -0.207. The predicted molar refractivity (Wildman–Crippen MR) is 47.2 cm³/mol. The molecule has 0 fully saturated rings. The second-order valence-electron chi connectivity index (χ2n) is 2.05. The van der Waals surface area contributed by atoms with Crippen LogP contribution in [0.5, 0.6) is 0 Å². The first-order valence-electron chi connectivity index (χ1n) is 3.63. The zero-order valence-corrected chi connectivity index (χ0v) is 7.53. The van der Waals surface area contributed by atoms with Crippen molar-refractivity contribution in [2.45, 2.75) is 13.8 Å². The van der Waals surface area contributed by atoms with Crippen LogP contribution in [0.2, 0.25) is 0 Å². The van der Waals surface area contributed by atoms with Gasteiger partial charge in [-0.05, 0) is 6.92 Å². The third kappa shape index (κ3) is 3.78. The Morgan fingerprint density at radius 1 is 1.46 bits per heavy atom. The van der Waals surface area contributed by atoms with Crippen LogP contribution < -0.4 is 5.73 Å². The average Bonchev–Trinajstić information content (AvgIpc) is 2.13. The molecule has 0 aliphatic heterocycles. The fraction of sp³-hybridized carbons (Fsp3) is 0.375. The fourth-order valence-electron chi connectivity index (χ4n) is 0.597. The highest BCUT2D eigenvalue weighted by Crippen LogP contribution is 1.99. The molecule has 0 aliphatic rings. The molecular formula is C8H10N4O. The van der Waals surface area contributed by atoms with Gasteiger partial charge >= 0.3 is 0 Å².